The van der Waals surface area contributed by atoms with E-state index in [1.165, 1.54) is 6.20 Å². The molecule has 0 unspecified atom stereocenters. The Morgan fingerprint density at radius 3 is 2.76 bits per heavy atom. The highest BCUT2D eigenvalue weighted by atomic mass is 32.1. The van der Waals surface area contributed by atoms with E-state index >= 15 is 0 Å². The predicted octanol–water partition coefficient (Wildman–Crippen LogP) is 4.03. The van der Waals surface area contributed by atoms with E-state index in [1.807, 2.05) is 0 Å². The smallest absolute Gasteiger partial charge is 0.383 e. The number of benzene rings is 1. The number of ether oxygens (including phenoxy) is 1. The van der Waals surface area contributed by atoms with Gasteiger partial charge in [-0.15, -0.1) is 0 Å². The van der Waals surface area contributed by atoms with Crippen LogP contribution < -0.4 is 5.32 Å². The second-order valence-electron chi connectivity index (χ2n) is 4.14. The van der Waals surface area contributed by atoms with Crippen LogP contribution in [0.25, 0.3) is 10.4 Å². The number of rotatable bonds is 5. The normalized spacial score (nSPS) is 11.7. The maximum atomic E-state index is 13.1. The third-order valence-electron chi connectivity index (χ3n) is 2.64. The van der Waals surface area contributed by atoms with Crippen LogP contribution in [-0.4, -0.2) is 25.2 Å². The summed E-state index contributed by atoms with van der Waals surface area (Å²) in [5, 5.41) is 3.42. The van der Waals surface area contributed by atoms with Gasteiger partial charge < -0.3 is 10.1 Å². The topological polar surface area (TPSA) is 34.1 Å². The molecule has 0 aliphatic rings. The molecule has 8 heteroatoms. The lowest BCUT2D eigenvalue weighted by Gasteiger charge is -2.11. The molecule has 0 aliphatic carbocycles. The zero-order valence-corrected chi connectivity index (χ0v) is 11.8. The van der Waals surface area contributed by atoms with Crippen LogP contribution >= 0.6 is 11.3 Å². The molecule has 1 heterocycles. The van der Waals surface area contributed by atoms with Crippen LogP contribution in [0.15, 0.2) is 24.4 Å². The zero-order valence-electron chi connectivity index (χ0n) is 11.0. The van der Waals surface area contributed by atoms with Crippen LogP contribution in [0, 0.1) is 5.82 Å². The van der Waals surface area contributed by atoms with Crippen LogP contribution in [0.1, 0.15) is 5.56 Å². The minimum absolute atomic E-state index is 0.0822. The largest absolute Gasteiger partial charge is 0.417 e. The number of methoxy groups -OCH3 is 1. The minimum Gasteiger partial charge on any atom is -0.383 e. The van der Waals surface area contributed by atoms with Crippen molar-refractivity contribution < 1.29 is 22.3 Å². The molecule has 21 heavy (non-hydrogen) atoms. The van der Waals surface area contributed by atoms with E-state index in [2.05, 4.69) is 10.3 Å². The number of nitrogens with one attached hydrogen (secondary N) is 1. The molecule has 0 saturated carbocycles. The molecule has 0 bridgehead atoms. The van der Waals surface area contributed by atoms with Gasteiger partial charge in [0.15, 0.2) is 5.13 Å². The average molecular weight is 320 g/mol. The standard InChI is InChI=1S/C13H12F4N2OS/c1-20-5-4-18-12-19-7-11(21-12)9-3-2-8(14)6-10(9)13(15,16)17/h2-3,6-7H,4-5H2,1H3,(H,18,19). The molecule has 2 rings (SSSR count). The van der Waals surface area contributed by atoms with Crippen LogP contribution in [-0.2, 0) is 10.9 Å². The van der Waals surface area contributed by atoms with Crippen molar-refractivity contribution in [3.05, 3.63) is 35.8 Å². The molecule has 0 spiro atoms. The number of alkyl halides is 3. The fourth-order valence-electron chi connectivity index (χ4n) is 1.71. The number of thiazole rings is 1. The molecule has 2 aromatic rings. The Balaban J connectivity index is 2.30. The third-order valence-corrected chi connectivity index (χ3v) is 3.63. The Labute approximate surface area is 122 Å². The molecule has 0 amide bonds. The first-order valence-corrected chi connectivity index (χ1v) is 6.79. The first-order valence-electron chi connectivity index (χ1n) is 5.97. The van der Waals surface area contributed by atoms with E-state index in [0.717, 1.165) is 23.5 Å². The number of hydrogen-bond donors (Lipinski definition) is 1. The van der Waals surface area contributed by atoms with Crippen molar-refractivity contribution in [2.24, 2.45) is 0 Å². The summed E-state index contributed by atoms with van der Waals surface area (Å²) in [5.41, 5.74) is -1.09. The Morgan fingerprint density at radius 2 is 2.10 bits per heavy atom. The molecule has 0 radical (unpaired) electrons. The van der Waals surface area contributed by atoms with E-state index in [4.69, 9.17) is 4.74 Å². The summed E-state index contributed by atoms with van der Waals surface area (Å²) in [6.07, 6.45) is -3.28. The van der Waals surface area contributed by atoms with Gasteiger partial charge in [-0.2, -0.15) is 13.2 Å². The van der Waals surface area contributed by atoms with Gasteiger partial charge >= 0.3 is 6.18 Å². The second-order valence-corrected chi connectivity index (χ2v) is 5.17. The molecule has 0 fully saturated rings. The van der Waals surface area contributed by atoms with Crippen molar-refractivity contribution in [1.82, 2.24) is 4.98 Å². The number of halogens is 4. The predicted molar refractivity (Wildman–Crippen MR) is 72.9 cm³/mol. The minimum atomic E-state index is -4.62. The maximum Gasteiger partial charge on any atom is 0.417 e. The Morgan fingerprint density at radius 1 is 1.33 bits per heavy atom. The van der Waals surface area contributed by atoms with Crippen LogP contribution in [0.4, 0.5) is 22.7 Å². The maximum absolute atomic E-state index is 13.1. The molecule has 1 N–H and O–H groups in total. The van der Waals surface area contributed by atoms with Gasteiger partial charge in [-0.25, -0.2) is 9.37 Å². The van der Waals surface area contributed by atoms with Crippen molar-refractivity contribution in [3.63, 3.8) is 0 Å². The van der Waals surface area contributed by atoms with Crippen LogP contribution in [0.5, 0.6) is 0 Å². The summed E-state index contributed by atoms with van der Waals surface area (Å²) in [6.45, 7) is 0.957. The molecule has 114 valence electrons. The van der Waals surface area contributed by atoms with Crippen molar-refractivity contribution in [1.29, 1.82) is 0 Å². The highest BCUT2D eigenvalue weighted by Crippen LogP contribution is 2.40. The van der Waals surface area contributed by atoms with Gasteiger partial charge in [0, 0.05) is 25.4 Å². The lowest BCUT2D eigenvalue weighted by molar-refractivity contribution is -0.137. The number of aromatic nitrogens is 1. The summed E-state index contributed by atoms with van der Waals surface area (Å²) in [5.74, 6) is -0.922. The molecular formula is C13H12F4N2OS. The van der Waals surface area contributed by atoms with Crippen molar-refractivity contribution >= 4 is 16.5 Å². The molecule has 0 atom stereocenters. The van der Waals surface area contributed by atoms with E-state index in [1.54, 1.807) is 7.11 Å². The van der Waals surface area contributed by atoms with E-state index in [-0.39, 0.29) is 5.56 Å². The van der Waals surface area contributed by atoms with Gasteiger partial charge in [0.05, 0.1) is 17.0 Å². The summed E-state index contributed by atoms with van der Waals surface area (Å²) >= 11 is 1.07. The highest BCUT2D eigenvalue weighted by Gasteiger charge is 2.34. The third kappa shape index (κ3) is 3.92. The molecule has 3 nitrogen and oxygen atoms in total. The lowest BCUT2D eigenvalue weighted by atomic mass is 10.1. The first-order chi connectivity index (χ1) is 9.91. The Bertz CT molecular complexity index is 612. The summed E-state index contributed by atoms with van der Waals surface area (Å²) in [7, 11) is 1.54. The van der Waals surface area contributed by atoms with Crippen molar-refractivity contribution in [3.8, 4) is 10.4 Å². The first kappa shape index (κ1) is 15.7. The molecule has 1 aromatic carbocycles. The van der Waals surface area contributed by atoms with E-state index in [9.17, 15) is 17.6 Å². The van der Waals surface area contributed by atoms with Crippen molar-refractivity contribution in [2.45, 2.75) is 6.18 Å². The van der Waals surface area contributed by atoms with Gasteiger partial charge in [0.25, 0.3) is 0 Å². The van der Waals surface area contributed by atoms with Gasteiger partial charge in [0.2, 0.25) is 0 Å². The Hall–Kier alpha value is -1.67. The summed E-state index contributed by atoms with van der Waals surface area (Å²) in [6, 6.07) is 2.61. The fourth-order valence-corrected chi connectivity index (χ4v) is 2.59. The van der Waals surface area contributed by atoms with Crippen LogP contribution in [0.2, 0.25) is 0 Å². The van der Waals surface area contributed by atoms with E-state index < -0.39 is 17.6 Å². The number of hydrogen-bond acceptors (Lipinski definition) is 4. The average Bonchev–Trinajstić information content (AvgIpc) is 2.87. The van der Waals surface area contributed by atoms with Gasteiger partial charge in [-0.3, -0.25) is 0 Å². The van der Waals surface area contributed by atoms with Crippen molar-refractivity contribution in [2.75, 3.05) is 25.6 Å². The highest BCUT2D eigenvalue weighted by molar-refractivity contribution is 7.18. The SMILES string of the molecule is COCCNc1ncc(-c2ccc(F)cc2C(F)(F)F)s1. The quantitative estimate of drug-likeness (QED) is 0.667. The second kappa shape index (κ2) is 6.40. The molecular weight excluding hydrogens is 308 g/mol. The number of nitrogens with zero attached hydrogens (tertiary/aromatic N) is 1. The molecule has 0 aliphatic heterocycles. The monoisotopic (exact) mass is 320 g/mol. The fraction of sp³-hybridized carbons (Fsp3) is 0.308. The van der Waals surface area contributed by atoms with Gasteiger partial charge in [-0.1, -0.05) is 11.3 Å². The summed E-state index contributed by atoms with van der Waals surface area (Å²) < 4.78 is 56.8. The molecule has 1 aromatic heterocycles. The lowest BCUT2D eigenvalue weighted by Crippen LogP contribution is -2.07. The van der Waals surface area contributed by atoms with Gasteiger partial charge in [0.1, 0.15) is 5.82 Å². The van der Waals surface area contributed by atoms with Gasteiger partial charge in [-0.05, 0) is 18.2 Å². The summed E-state index contributed by atoms with van der Waals surface area (Å²) in [4.78, 5) is 4.32. The zero-order chi connectivity index (χ0) is 15.5. The number of anilines is 1. The van der Waals surface area contributed by atoms with Crippen LogP contribution in [0.3, 0.4) is 0 Å². The Kier molecular flexibility index (Phi) is 4.79. The molecule has 0 saturated heterocycles. The van der Waals surface area contributed by atoms with E-state index in [0.29, 0.717) is 29.2 Å².